The summed E-state index contributed by atoms with van der Waals surface area (Å²) < 4.78 is 1.07. The third-order valence-electron chi connectivity index (χ3n) is 2.35. The van der Waals surface area contributed by atoms with Gasteiger partial charge in [0.25, 0.3) is 0 Å². The second-order valence-corrected chi connectivity index (χ2v) is 5.14. The van der Waals surface area contributed by atoms with Crippen molar-refractivity contribution >= 4 is 15.9 Å². The van der Waals surface area contributed by atoms with E-state index in [4.69, 9.17) is 0 Å². The maximum Gasteiger partial charge on any atom is 0.104 e. The summed E-state index contributed by atoms with van der Waals surface area (Å²) in [5.74, 6) is 0. The molecule has 1 aromatic carbocycles. The molecule has 0 spiro atoms. The van der Waals surface area contributed by atoms with E-state index < -0.39 is 0 Å². The fourth-order valence-corrected chi connectivity index (χ4v) is 1.90. The summed E-state index contributed by atoms with van der Waals surface area (Å²) in [6.45, 7) is 2.34. The SMILES string of the molecule is C[N+](C)(CCCBr)Cc1ccccc1.[Br-]. The lowest BCUT2D eigenvalue weighted by atomic mass is 10.2. The van der Waals surface area contributed by atoms with Crippen molar-refractivity contribution in [1.29, 1.82) is 0 Å². The van der Waals surface area contributed by atoms with Crippen molar-refractivity contribution < 1.29 is 21.5 Å². The van der Waals surface area contributed by atoms with E-state index in [-0.39, 0.29) is 17.0 Å². The number of nitrogens with zero attached hydrogens (tertiary/aromatic N) is 1. The predicted octanol–water partition coefficient (Wildman–Crippen LogP) is 0.0520. The first-order valence-corrected chi connectivity index (χ1v) is 6.18. The molecule has 0 amide bonds. The van der Waals surface area contributed by atoms with Crippen LogP contribution in [0.25, 0.3) is 0 Å². The molecule has 3 heteroatoms. The normalized spacial score (nSPS) is 10.9. The molecule has 0 aliphatic rings. The number of hydrogen-bond acceptors (Lipinski definition) is 0. The first-order valence-electron chi connectivity index (χ1n) is 5.06. The van der Waals surface area contributed by atoms with E-state index in [1.807, 2.05) is 0 Å². The minimum absolute atomic E-state index is 0. The van der Waals surface area contributed by atoms with E-state index in [1.165, 1.54) is 18.5 Å². The lowest BCUT2D eigenvalue weighted by Gasteiger charge is -2.29. The zero-order valence-corrected chi connectivity index (χ0v) is 12.6. The molecule has 0 aliphatic carbocycles. The summed E-state index contributed by atoms with van der Waals surface area (Å²) >= 11 is 3.48. The molecule has 0 N–H and O–H groups in total. The highest BCUT2D eigenvalue weighted by molar-refractivity contribution is 9.09. The molecule has 0 aromatic heterocycles. The first kappa shape index (κ1) is 15.1. The molecule has 1 rings (SSSR count). The summed E-state index contributed by atoms with van der Waals surface area (Å²) in [5, 5.41) is 1.10. The van der Waals surface area contributed by atoms with Gasteiger partial charge in [-0.3, -0.25) is 0 Å². The molecule has 0 heterocycles. The van der Waals surface area contributed by atoms with Crippen molar-refractivity contribution in [2.75, 3.05) is 26.0 Å². The zero-order valence-electron chi connectivity index (χ0n) is 9.42. The topological polar surface area (TPSA) is 0 Å². The van der Waals surface area contributed by atoms with Crippen molar-refractivity contribution in [3.8, 4) is 0 Å². The highest BCUT2D eigenvalue weighted by Gasteiger charge is 2.14. The van der Waals surface area contributed by atoms with Gasteiger partial charge in [0.15, 0.2) is 0 Å². The fourth-order valence-electron chi connectivity index (χ4n) is 1.64. The maximum absolute atomic E-state index is 3.48. The molecule has 0 aliphatic heterocycles. The van der Waals surface area contributed by atoms with Crippen LogP contribution in [-0.4, -0.2) is 30.5 Å². The number of alkyl halides is 1. The molecule has 1 nitrogen and oxygen atoms in total. The van der Waals surface area contributed by atoms with Gasteiger partial charge in [-0.1, -0.05) is 46.3 Å². The van der Waals surface area contributed by atoms with Crippen LogP contribution in [0.4, 0.5) is 0 Å². The maximum atomic E-state index is 3.48. The standard InChI is InChI=1S/C12H19BrN.BrH/c1-14(2,10-6-9-13)11-12-7-4-3-5-8-12;/h3-5,7-8H,6,9-11H2,1-2H3;1H/q+1;/p-1. The smallest absolute Gasteiger partial charge is 0.104 e. The Morgan fingerprint density at radius 1 is 1.13 bits per heavy atom. The molecule has 0 fully saturated rings. The van der Waals surface area contributed by atoms with Crippen LogP contribution in [0.15, 0.2) is 30.3 Å². The number of hydrogen-bond donors (Lipinski definition) is 0. The Labute approximate surface area is 112 Å². The van der Waals surface area contributed by atoms with Gasteiger partial charge in [-0.2, -0.15) is 0 Å². The Bertz CT molecular complexity index is 260. The van der Waals surface area contributed by atoms with Crippen LogP contribution in [0.1, 0.15) is 12.0 Å². The highest BCUT2D eigenvalue weighted by atomic mass is 79.9. The van der Waals surface area contributed by atoms with E-state index in [0.29, 0.717) is 0 Å². The fraction of sp³-hybridized carbons (Fsp3) is 0.500. The summed E-state index contributed by atoms with van der Waals surface area (Å²) in [7, 11) is 4.57. The van der Waals surface area contributed by atoms with Gasteiger partial charge in [0.05, 0.1) is 20.6 Å². The summed E-state index contributed by atoms with van der Waals surface area (Å²) in [6.07, 6.45) is 1.24. The minimum atomic E-state index is 0. The number of benzene rings is 1. The van der Waals surface area contributed by atoms with Crippen LogP contribution in [0.2, 0.25) is 0 Å². The van der Waals surface area contributed by atoms with Gasteiger partial charge in [-0.15, -0.1) is 0 Å². The number of rotatable bonds is 5. The lowest BCUT2D eigenvalue weighted by Crippen LogP contribution is -3.00. The average molecular weight is 337 g/mol. The molecular weight excluding hydrogens is 318 g/mol. The predicted molar refractivity (Wildman–Crippen MR) is 65.5 cm³/mol. The lowest BCUT2D eigenvalue weighted by molar-refractivity contribution is -0.903. The van der Waals surface area contributed by atoms with Gasteiger partial charge in [0, 0.05) is 17.3 Å². The van der Waals surface area contributed by atoms with Gasteiger partial charge < -0.3 is 21.5 Å². The van der Waals surface area contributed by atoms with Gasteiger partial charge >= 0.3 is 0 Å². The van der Waals surface area contributed by atoms with Crippen molar-refractivity contribution in [3.05, 3.63) is 35.9 Å². The molecule has 0 atom stereocenters. The van der Waals surface area contributed by atoms with Crippen molar-refractivity contribution in [3.63, 3.8) is 0 Å². The average Bonchev–Trinajstić information content (AvgIpc) is 2.16. The van der Waals surface area contributed by atoms with Crippen LogP contribution < -0.4 is 17.0 Å². The van der Waals surface area contributed by atoms with Crippen LogP contribution in [0.5, 0.6) is 0 Å². The summed E-state index contributed by atoms with van der Waals surface area (Å²) in [4.78, 5) is 0. The van der Waals surface area contributed by atoms with Gasteiger partial charge in [-0.25, -0.2) is 0 Å². The van der Waals surface area contributed by atoms with Crippen LogP contribution >= 0.6 is 15.9 Å². The van der Waals surface area contributed by atoms with Crippen LogP contribution in [0, 0.1) is 0 Å². The molecule has 0 radical (unpaired) electrons. The van der Waals surface area contributed by atoms with E-state index in [9.17, 15) is 0 Å². The molecule has 0 saturated carbocycles. The Kier molecular flexibility index (Phi) is 7.49. The summed E-state index contributed by atoms with van der Waals surface area (Å²) in [6, 6.07) is 10.7. The largest absolute Gasteiger partial charge is 1.00 e. The molecule has 0 bridgehead atoms. The molecule has 15 heavy (non-hydrogen) atoms. The van der Waals surface area contributed by atoms with E-state index in [2.05, 4.69) is 60.4 Å². The Morgan fingerprint density at radius 3 is 2.27 bits per heavy atom. The van der Waals surface area contributed by atoms with Crippen molar-refractivity contribution in [2.24, 2.45) is 0 Å². The Hall–Kier alpha value is 0.140. The highest BCUT2D eigenvalue weighted by Crippen LogP contribution is 2.09. The van der Waals surface area contributed by atoms with Gasteiger partial charge in [-0.05, 0) is 0 Å². The molecule has 1 aromatic rings. The zero-order chi connectivity index (χ0) is 10.4. The van der Waals surface area contributed by atoms with Crippen LogP contribution in [-0.2, 0) is 6.54 Å². The molecular formula is C12H19Br2N. The second-order valence-electron chi connectivity index (χ2n) is 4.35. The van der Waals surface area contributed by atoms with Crippen molar-refractivity contribution in [2.45, 2.75) is 13.0 Å². The Morgan fingerprint density at radius 2 is 1.73 bits per heavy atom. The molecule has 86 valence electrons. The number of quaternary nitrogens is 1. The second kappa shape index (κ2) is 7.42. The molecule has 0 saturated heterocycles. The third kappa shape index (κ3) is 6.33. The Balaban J connectivity index is 0.00000196. The quantitative estimate of drug-likeness (QED) is 0.526. The van der Waals surface area contributed by atoms with Gasteiger partial charge in [0.1, 0.15) is 6.54 Å². The van der Waals surface area contributed by atoms with Crippen LogP contribution in [0.3, 0.4) is 0 Å². The first-order chi connectivity index (χ1) is 6.64. The summed E-state index contributed by atoms with van der Waals surface area (Å²) in [5.41, 5.74) is 1.42. The van der Waals surface area contributed by atoms with Crippen molar-refractivity contribution in [1.82, 2.24) is 0 Å². The van der Waals surface area contributed by atoms with E-state index >= 15 is 0 Å². The monoisotopic (exact) mass is 335 g/mol. The van der Waals surface area contributed by atoms with Gasteiger partial charge in [0.2, 0.25) is 0 Å². The minimum Gasteiger partial charge on any atom is -1.00 e. The van der Waals surface area contributed by atoms with E-state index in [0.717, 1.165) is 16.4 Å². The molecule has 0 unspecified atom stereocenters. The van der Waals surface area contributed by atoms with E-state index in [1.54, 1.807) is 0 Å². The number of halogens is 2. The third-order valence-corrected chi connectivity index (χ3v) is 2.91.